The molecule has 2 fully saturated rings. The van der Waals surface area contributed by atoms with Crippen molar-refractivity contribution in [2.45, 2.75) is 45.4 Å². The van der Waals surface area contributed by atoms with Crippen molar-refractivity contribution < 1.29 is 9.47 Å². The Bertz CT molecular complexity index is 592. The van der Waals surface area contributed by atoms with Crippen molar-refractivity contribution in [1.82, 2.24) is 20.0 Å². The van der Waals surface area contributed by atoms with Crippen LogP contribution in [0.5, 0.6) is 0 Å². The lowest BCUT2D eigenvalue weighted by molar-refractivity contribution is -0.0817. The first-order valence-electron chi connectivity index (χ1n) is 8.78. The number of hydrogen-bond donors (Lipinski definition) is 1. The maximum Gasteiger partial charge on any atom is 0.194 e. The number of ether oxygens (including phenoxy) is 2. The Hall–Kier alpha value is -1.60. The van der Waals surface area contributed by atoms with E-state index in [1.165, 1.54) is 11.3 Å². The molecule has 1 N–H and O–H groups in total. The lowest BCUT2D eigenvalue weighted by atomic mass is 10.1. The molecule has 2 saturated heterocycles. The fraction of sp³-hybridized carbons (Fsp3) is 0.765. The van der Waals surface area contributed by atoms with Gasteiger partial charge in [0.25, 0.3) is 0 Å². The van der Waals surface area contributed by atoms with Gasteiger partial charge >= 0.3 is 0 Å². The Labute approximate surface area is 144 Å². The van der Waals surface area contributed by atoms with Crippen LogP contribution in [0, 0.1) is 13.8 Å². The van der Waals surface area contributed by atoms with E-state index in [-0.39, 0.29) is 12.2 Å². The summed E-state index contributed by atoms with van der Waals surface area (Å²) in [6.45, 7) is 8.15. The molecular formula is C17H29N5O2. The number of nitrogens with one attached hydrogen (secondary N) is 1. The van der Waals surface area contributed by atoms with E-state index >= 15 is 0 Å². The second kappa shape index (κ2) is 7.53. The molecule has 1 aromatic rings. The van der Waals surface area contributed by atoms with Gasteiger partial charge in [-0.05, 0) is 26.7 Å². The fourth-order valence-corrected chi connectivity index (χ4v) is 3.56. The van der Waals surface area contributed by atoms with Crippen LogP contribution in [0.4, 0.5) is 0 Å². The van der Waals surface area contributed by atoms with Gasteiger partial charge in [0.2, 0.25) is 0 Å². The van der Waals surface area contributed by atoms with Crippen molar-refractivity contribution >= 4 is 5.96 Å². The van der Waals surface area contributed by atoms with E-state index in [2.05, 4.69) is 34.2 Å². The zero-order valence-corrected chi connectivity index (χ0v) is 15.2. The molecule has 134 valence electrons. The maximum absolute atomic E-state index is 5.93. The molecule has 2 aliphatic heterocycles. The molecule has 24 heavy (non-hydrogen) atoms. The Morgan fingerprint density at radius 2 is 2.08 bits per heavy atom. The fourth-order valence-electron chi connectivity index (χ4n) is 3.56. The Morgan fingerprint density at radius 1 is 1.29 bits per heavy atom. The molecular weight excluding hydrogens is 306 g/mol. The molecule has 0 aliphatic carbocycles. The number of guanidine groups is 1. The molecule has 0 saturated carbocycles. The summed E-state index contributed by atoms with van der Waals surface area (Å²) in [6.07, 6.45) is 2.60. The zero-order chi connectivity index (χ0) is 17.1. The number of morpholine rings is 1. The summed E-state index contributed by atoms with van der Waals surface area (Å²) < 4.78 is 13.7. The van der Waals surface area contributed by atoms with Crippen LogP contribution >= 0.6 is 0 Å². The third-order valence-electron chi connectivity index (χ3n) is 5.07. The van der Waals surface area contributed by atoms with Crippen molar-refractivity contribution in [3.05, 3.63) is 17.0 Å². The van der Waals surface area contributed by atoms with E-state index in [0.717, 1.165) is 57.3 Å². The van der Waals surface area contributed by atoms with Gasteiger partial charge < -0.3 is 19.7 Å². The minimum absolute atomic E-state index is 0.140. The van der Waals surface area contributed by atoms with Crippen LogP contribution in [-0.4, -0.2) is 66.2 Å². The van der Waals surface area contributed by atoms with Gasteiger partial charge in [0.05, 0.1) is 18.4 Å². The van der Waals surface area contributed by atoms with Gasteiger partial charge in [0.15, 0.2) is 5.96 Å². The zero-order valence-electron chi connectivity index (χ0n) is 15.2. The Kier molecular flexibility index (Phi) is 5.40. The minimum atomic E-state index is 0.140. The van der Waals surface area contributed by atoms with Crippen LogP contribution in [0.1, 0.15) is 29.8 Å². The van der Waals surface area contributed by atoms with Crippen LogP contribution in [0.2, 0.25) is 0 Å². The van der Waals surface area contributed by atoms with Gasteiger partial charge in [-0.25, -0.2) is 0 Å². The number of aromatic nitrogens is 2. The predicted molar refractivity (Wildman–Crippen MR) is 93.2 cm³/mol. The average molecular weight is 335 g/mol. The van der Waals surface area contributed by atoms with Gasteiger partial charge in [-0.2, -0.15) is 5.10 Å². The molecule has 7 heteroatoms. The monoisotopic (exact) mass is 335 g/mol. The highest BCUT2D eigenvalue weighted by atomic mass is 16.5. The number of nitrogens with zero attached hydrogens (tertiary/aromatic N) is 4. The van der Waals surface area contributed by atoms with Gasteiger partial charge in [-0.1, -0.05) is 0 Å². The third-order valence-corrected chi connectivity index (χ3v) is 5.07. The molecule has 0 spiro atoms. The highest BCUT2D eigenvalue weighted by molar-refractivity contribution is 5.80. The molecule has 2 aliphatic rings. The summed E-state index contributed by atoms with van der Waals surface area (Å²) in [5.41, 5.74) is 3.49. The summed E-state index contributed by atoms with van der Waals surface area (Å²) in [5, 5.41) is 7.97. The molecule has 3 heterocycles. The summed E-state index contributed by atoms with van der Waals surface area (Å²) >= 11 is 0. The normalized spacial score (nSPS) is 25.3. The number of aliphatic imine (C=N–C) groups is 1. The smallest absolute Gasteiger partial charge is 0.194 e. The first-order valence-corrected chi connectivity index (χ1v) is 8.78. The van der Waals surface area contributed by atoms with Crippen molar-refractivity contribution in [1.29, 1.82) is 0 Å². The largest absolute Gasteiger partial charge is 0.375 e. The topological polar surface area (TPSA) is 63.9 Å². The molecule has 1 aromatic heterocycles. The SMILES string of the molecule is CN=C(NCc1c(C)nn(C)c1C)N1CCOC(C2CCCO2)C1. The molecule has 7 nitrogen and oxygen atoms in total. The van der Waals surface area contributed by atoms with E-state index in [4.69, 9.17) is 9.47 Å². The van der Waals surface area contributed by atoms with Gasteiger partial charge in [0.1, 0.15) is 6.10 Å². The Balaban J connectivity index is 1.61. The minimum Gasteiger partial charge on any atom is -0.375 e. The van der Waals surface area contributed by atoms with Crippen LogP contribution in [0.15, 0.2) is 4.99 Å². The van der Waals surface area contributed by atoms with E-state index < -0.39 is 0 Å². The maximum atomic E-state index is 5.93. The third kappa shape index (κ3) is 3.57. The first kappa shape index (κ1) is 17.2. The quantitative estimate of drug-likeness (QED) is 0.659. The van der Waals surface area contributed by atoms with Gasteiger partial charge in [0, 0.05) is 51.6 Å². The van der Waals surface area contributed by atoms with Crippen LogP contribution in [-0.2, 0) is 23.1 Å². The van der Waals surface area contributed by atoms with E-state index in [0.29, 0.717) is 0 Å². The number of hydrogen-bond acceptors (Lipinski definition) is 4. The predicted octanol–water partition coefficient (Wildman–Crippen LogP) is 0.992. The van der Waals surface area contributed by atoms with Crippen LogP contribution in [0.3, 0.4) is 0 Å². The second-order valence-corrected chi connectivity index (χ2v) is 6.58. The summed E-state index contributed by atoms with van der Waals surface area (Å²) in [4.78, 5) is 6.74. The Morgan fingerprint density at radius 3 is 2.71 bits per heavy atom. The van der Waals surface area contributed by atoms with Crippen LogP contribution in [0.25, 0.3) is 0 Å². The first-order chi connectivity index (χ1) is 11.6. The average Bonchev–Trinajstić information content (AvgIpc) is 3.20. The second-order valence-electron chi connectivity index (χ2n) is 6.58. The summed E-state index contributed by atoms with van der Waals surface area (Å²) in [5.74, 6) is 0.920. The molecule has 0 bridgehead atoms. The molecule has 2 atom stereocenters. The molecule has 3 rings (SSSR count). The molecule has 0 radical (unpaired) electrons. The molecule has 2 unspecified atom stereocenters. The standard InChI is InChI=1S/C17H29N5O2/c1-12-14(13(2)21(4)20-12)10-19-17(18-3)22-7-9-24-16(11-22)15-6-5-8-23-15/h15-16H,5-11H2,1-4H3,(H,18,19). The lowest BCUT2D eigenvalue weighted by Crippen LogP contribution is -2.53. The number of rotatable bonds is 3. The van der Waals surface area contributed by atoms with Gasteiger partial charge in [-0.3, -0.25) is 9.67 Å². The molecule has 0 aromatic carbocycles. The van der Waals surface area contributed by atoms with E-state index in [1.54, 1.807) is 0 Å². The van der Waals surface area contributed by atoms with E-state index in [1.807, 2.05) is 18.8 Å². The summed E-state index contributed by atoms with van der Waals surface area (Å²) in [7, 11) is 3.82. The van der Waals surface area contributed by atoms with Crippen molar-refractivity contribution in [3.8, 4) is 0 Å². The highest BCUT2D eigenvalue weighted by Crippen LogP contribution is 2.21. The number of aryl methyl sites for hydroxylation is 2. The lowest BCUT2D eigenvalue weighted by Gasteiger charge is -2.37. The van der Waals surface area contributed by atoms with Crippen molar-refractivity contribution in [3.63, 3.8) is 0 Å². The van der Waals surface area contributed by atoms with E-state index in [9.17, 15) is 0 Å². The van der Waals surface area contributed by atoms with Crippen molar-refractivity contribution in [2.24, 2.45) is 12.0 Å². The van der Waals surface area contributed by atoms with Gasteiger partial charge in [-0.15, -0.1) is 0 Å². The summed E-state index contributed by atoms with van der Waals surface area (Å²) in [6, 6.07) is 0. The van der Waals surface area contributed by atoms with Crippen molar-refractivity contribution in [2.75, 3.05) is 33.4 Å². The molecule has 0 amide bonds. The van der Waals surface area contributed by atoms with Crippen LogP contribution < -0.4 is 5.32 Å². The highest BCUT2D eigenvalue weighted by Gasteiger charge is 2.32.